The van der Waals surface area contributed by atoms with E-state index in [0.29, 0.717) is 0 Å². The number of rotatable bonds is 29. The predicted octanol–water partition coefficient (Wildman–Crippen LogP) is 10.4. The molecule has 0 saturated heterocycles. The van der Waals surface area contributed by atoms with Crippen LogP contribution in [0.3, 0.4) is 0 Å². The third-order valence-corrected chi connectivity index (χ3v) is 8.58. The first kappa shape index (κ1) is 36.1. The van der Waals surface area contributed by atoms with Crippen LogP contribution in [0, 0.1) is 0 Å². The summed E-state index contributed by atoms with van der Waals surface area (Å²) in [6, 6.07) is 8.94. The van der Waals surface area contributed by atoms with Crippen molar-refractivity contribution in [2.75, 3.05) is 23.7 Å². The number of aryl methyl sites for hydroxylation is 2. The van der Waals surface area contributed by atoms with E-state index in [1.54, 1.807) is 0 Å². The summed E-state index contributed by atoms with van der Waals surface area (Å²) in [4.78, 5) is 0. The van der Waals surface area contributed by atoms with E-state index in [9.17, 15) is 0 Å². The van der Waals surface area contributed by atoms with Crippen molar-refractivity contribution in [3.05, 3.63) is 49.1 Å². The summed E-state index contributed by atoms with van der Waals surface area (Å²) >= 11 is 0. The van der Waals surface area contributed by atoms with E-state index in [2.05, 4.69) is 82.7 Å². The Bertz CT molecular complexity index is 762. The van der Waals surface area contributed by atoms with Gasteiger partial charge >= 0.3 is 0 Å². The zero-order valence-corrected chi connectivity index (χ0v) is 27.9. The second-order valence-corrected chi connectivity index (χ2v) is 12.6. The topological polar surface area (TPSA) is 31.8 Å². The van der Waals surface area contributed by atoms with Gasteiger partial charge < -0.3 is 10.6 Å². The molecule has 0 spiro atoms. The number of hydrogen-bond acceptors (Lipinski definition) is 2. The lowest BCUT2D eigenvalue weighted by Crippen LogP contribution is -2.32. The van der Waals surface area contributed by atoms with E-state index in [1.807, 2.05) is 0 Å². The van der Waals surface area contributed by atoms with Crippen molar-refractivity contribution in [2.24, 2.45) is 0 Å². The first-order chi connectivity index (χ1) is 20.8. The fraction of sp³-hybridized carbons (Fsp3) is 0.737. The van der Waals surface area contributed by atoms with Gasteiger partial charge in [0.2, 0.25) is 0 Å². The highest BCUT2D eigenvalue weighted by Crippen LogP contribution is 2.13. The number of anilines is 2. The molecule has 2 heterocycles. The quantitative estimate of drug-likeness (QED) is 0.0741. The maximum absolute atomic E-state index is 3.57. The molecule has 0 saturated carbocycles. The molecule has 0 radical (unpaired) electrons. The Kier molecular flexibility index (Phi) is 22.8. The highest BCUT2D eigenvalue weighted by molar-refractivity contribution is 5.40. The summed E-state index contributed by atoms with van der Waals surface area (Å²) in [5.41, 5.74) is 2.52. The summed E-state index contributed by atoms with van der Waals surface area (Å²) in [6.45, 7) is 9.05. The van der Waals surface area contributed by atoms with Gasteiger partial charge in [0.1, 0.15) is 13.1 Å². The molecule has 0 atom stereocenters. The van der Waals surface area contributed by atoms with Crippen molar-refractivity contribution < 1.29 is 9.13 Å². The molecule has 0 aliphatic carbocycles. The molecular formula is C38H68N4+2. The first-order valence-corrected chi connectivity index (χ1v) is 18.3. The number of unbranched alkanes of at least 4 members (excludes halogenated alkanes) is 19. The SMILES string of the molecule is CCCCCCCNc1cc[n+](CCCCCCCCCCCCCC[n+]2ccc(NCCCCCCC)cc2)cc1. The van der Waals surface area contributed by atoms with E-state index < -0.39 is 0 Å². The molecule has 0 aliphatic rings. The van der Waals surface area contributed by atoms with Gasteiger partial charge in [-0.25, -0.2) is 9.13 Å². The van der Waals surface area contributed by atoms with Gasteiger partial charge in [-0.3, -0.25) is 0 Å². The zero-order valence-electron chi connectivity index (χ0n) is 27.9. The summed E-state index contributed by atoms with van der Waals surface area (Å²) in [6.07, 6.45) is 39.0. The van der Waals surface area contributed by atoms with Crippen LogP contribution in [-0.2, 0) is 13.1 Å². The molecule has 0 aliphatic heterocycles. The Hall–Kier alpha value is -2.10. The molecular weight excluding hydrogens is 512 g/mol. The van der Waals surface area contributed by atoms with Crippen LogP contribution in [-0.4, -0.2) is 13.1 Å². The number of hydrogen-bond donors (Lipinski definition) is 2. The van der Waals surface area contributed by atoms with Crippen LogP contribution in [0.2, 0.25) is 0 Å². The van der Waals surface area contributed by atoms with Crippen molar-refractivity contribution in [2.45, 2.75) is 168 Å². The van der Waals surface area contributed by atoms with Crippen molar-refractivity contribution in [3.8, 4) is 0 Å². The Morgan fingerprint density at radius 3 is 1.00 bits per heavy atom. The lowest BCUT2D eigenvalue weighted by Gasteiger charge is -2.06. The van der Waals surface area contributed by atoms with Crippen LogP contribution in [0.15, 0.2) is 49.1 Å². The van der Waals surface area contributed by atoms with Gasteiger partial charge in [0, 0.05) is 61.6 Å². The minimum absolute atomic E-state index is 1.10. The van der Waals surface area contributed by atoms with Crippen LogP contribution >= 0.6 is 0 Å². The van der Waals surface area contributed by atoms with Crippen LogP contribution in [0.1, 0.15) is 155 Å². The third-order valence-electron chi connectivity index (χ3n) is 8.58. The summed E-state index contributed by atoms with van der Waals surface area (Å²) < 4.78 is 4.69. The van der Waals surface area contributed by atoms with Gasteiger partial charge in [0.15, 0.2) is 24.8 Å². The first-order valence-electron chi connectivity index (χ1n) is 18.3. The van der Waals surface area contributed by atoms with Gasteiger partial charge in [-0.05, 0) is 25.7 Å². The normalized spacial score (nSPS) is 11.2. The van der Waals surface area contributed by atoms with E-state index in [1.165, 1.54) is 153 Å². The molecule has 4 heteroatoms. The fourth-order valence-electron chi connectivity index (χ4n) is 5.73. The third kappa shape index (κ3) is 19.9. The van der Waals surface area contributed by atoms with Crippen molar-refractivity contribution in [1.82, 2.24) is 0 Å². The monoisotopic (exact) mass is 581 g/mol. The van der Waals surface area contributed by atoms with Gasteiger partial charge in [-0.2, -0.15) is 0 Å². The molecule has 42 heavy (non-hydrogen) atoms. The van der Waals surface area contributed by atoms with Gasteiger partial charge in [-0.15, -0.1) is 0 Å². The smallest absolute Gasteiger partial charge is 0.170 e. The maximum Gasteiger partial charge on any atom is 0.170 e. The number of aromatic nitrogens is 2. The van der Waals surface area contributed by atoms with Gasteiger partial charge in [-0.1, -0.05) is 117 Å². The van der Waals surface area contributed by atoms with Gasteiger partial charge in [0.05, 0.1) is 0 Å². The maximum atomic E-state index is 3.57. The summed E-state index contributed by atoms with van der Waals surface area (Å²) in [5, 5.41) is 7.13. The number of nitrogens with one attached hydrogen (secondary N) is 2. The van der Waals surface area contributed by atoms with Crippen LogP contribution in [0.4, 0.5) is 11.4 Å². The van der Waals surface area contributed by atoms with Crippen molar-refractivity contribution >= 4 is 11.4 Å². The largest absolute Gasteiger partial charge is 0.385 e. The Balaban J connectivity index is 1.32. The molecule has 4 nitrogen and oxygen atoms in total. The van der Waals surface area contributed by atoms with Crippen LogP contribution < -0.4 is 19.8 Å². The Morgan fingerprint density at radius 1 is 0.381 bits per heavy atom. The minimum atomic E-state index is 1.10. The average Bonchev–Trinajstić information content (AvgIpc) is 3.02. The lowest BCUT2D eigenvalue weighted by atomic mass is 10.1. The predicted molar refractivity (Wildman–Crippen MR) is 183 cm³/mol. The number of nitrogens with zero attached hydrogens (tertiary/aromatic N) is 2. The van der Waals surface area contributed by atoms with E-state index >= 15 is 0 Å². The highest BCUT2D eigenvalue weighted by atomic mass is 14.9. The zero-order chi connectivity index (χ0) is 29.8. The molecule has 0 amide bonds. The van der Waals surface area contributed by atoms with E-state index in [0.717, 1.165) is 26.2 Å². The molecule has 2 N–H and O–H groups in total. The Morgan fingerprint density at radius 2 is 0.667 bits per heavy atom. The van der Waals surface area contributed by atoms with Crippen molar-refractivity contribution in [3.63, 3.8) is 0 Å². The molecule has 2 aromatic heterocycles. The molecule has 238 valence electrons. The summed E-state index contributed by atoms with van der Waals surface area (Å²) in [5.74, 6) is 0. The van der Waals surface area contributed by atoms with Crippen LogP contribution in [0.25, 0.3) is 0 Å². The molecule has 2 rings (SSSR count). The highest BCUT2D eigenvalue weighted by Gasteiger charge is 2.03. The van der Waals surface area contributed by atoms with E-state index in [4.69, 9.17) is 0 Å². The number of pyridine rings is 2. The lowest BCUT2D eigenvalue weighted by molar-refractivity contribution is -0.697. The fourth-order valence-corrected chi connectivity index (χ4v) is 5.73. The average molecular weight is 581 g/mol. The molecule has 0 unspecified atom stereocenters. The Labute approximate surface area is 261 Å². The second-order valence-electron chi connectivity index (χ2n) is 12.6. The summed E-state index contributed by atoms with van der Waals surface area (Å²) in [7, 11) is 0. The van der Waals surface area contributed by atoms with Gasteiger partial charge in [0.25, 0.3) is 0 Å². The van der Waals surface area contributed by atoms with Crippen molar-refractivity contribution in [1.29, 1.82) is 0 Å². The molecule has 0 fully saturated rings. The van der Waals surface area contributed by atoms with E-state index in [-0.39, 0.29) is 0 Å². The molecule has 0 bridgehead atoms. The minimum Gasteiger partial charge on any atom is -0.385 e. The molecule has 0 aromatic carbocycles. The molecule has 2 aromatic rings. The standard InChI is InChI=1S/C38H66N4/c1-3-5-7-17-21-29-39-37-25-33-41(34-26-37)31-23-19-15-13-11-9-10-12-14-16-20-24-32-42-35-27-38(28-36-42)40-30-22-18-8-6-4-2/h25-28,33-36H,3-24,29-32H2,1-2H3/p+2. The second kappa shape index (κ2) is 26.5. The van der Waals surface area contributed by atoms with Crippen LogP contribution in [0.5, 0.6) is 0 Å².